The van der Waals surface area contributed by atoms with E-state index in [1.54, 1.807) is 0 Å². The van der Waals surface area contributed by atoms with Gasteiger partial charge in [0.1, 0.15) is 0 Å². The molecule has 0 spiro atoms. The lowest BCUT2D eigenvalue weighted by Gasteiger charge is -2.36. The van der Waals surface area contributed by atoms with E-state index < -0.39 is 5.97 Å². The van der Waals surface area contributed by atoms with E-state index in [-0.39, 0.29) is 5.92 Å². The Labute approximate surface area is 99.6 Å². The molecule has 0 atom stereocenters. The molecule has 1 aliphatic rings. The molecule has 3 nitrogen and oxygen atoms in total. The molecule has 0 bridgehead atoms. The molecule has 86 valence electrons. The number of halogens is 1. The van der Waals surface area contributed by atoms with E-state index in [1.165, 1.54) is 5.56 Å². The summed E-state index contributed by atoms with van der Waals surface area (Å²) in [5.74, 6) is -0.878. The average Bonchev–Trinajstić information content (AvgIpc) is 2.15. The summed E-state index contributed by atoms with van der Waals surface area (Å²) in [6, 6.07) is 5.93. The van der Waals surface area contributed by atoms with Crippen molar-refractivity contribution in [1.82, 2.24) is 4.90 Å². The minimum absolute atomic E-state index is 0.187. The molecule has 2 rings (SSSR count). The van der Waals surface area contributed by atoms with Gasteiger partial charge >= 0.3 is 5.97 Å². The first-order chi connectivity index (χ1) is 7.56. The van der Waals surface area contributed by atoms with E-state index in [0.717, 1.165) is 17.1 Å². The summed E-state index contributed by atoms with van der Waals surface area (Å²) in [7, 11) is 0. The van der Waals surface area contributed by atoms with Gasteiger partial charge in [0.05, 0.1) is 5.92 Å². The summed E-state index contributed by atoms with van der Waals surface area (Å²) in [6.45, 7) is 4.08. The maximum atomic E-state index is 10.6. The highest BCUT2D eigenvalue weighted by molar-refractivity contribution is 6.31. The maximum Gasteiger partial charge on any atom is 0.309 e. The first-order valence-electron chi connectivity index (χ1n) is 5.26. The van der Waals surface area contributed by atoms with Crippen LogP contribution in [-0.2, 0) is 11.3 Å². The summed E-state index contributed by atoms with van der Waals surface area (Å²) in [5, 5.41) is 9.53. The number of nitrogens with zero attached hydrogens (tertiary/aromatic N) is 1. The van der Waals surface area contributed by atoms with Crippen LogP contribution < -0.4 is 0 Å². The van der Waals surface area contributed by atoms with Gasteiger partial charge in [-0.3, -0.25) is 9.69 Å². The fourth-order valence-corrected chi connectivity index (χ4v) is 2.04. The molecule has 0 amide bonds. The van der Waals surface area contributed by atoms with Gasteiger partial charge in [-0.15, -0.1) is 0 Å². The topological polar surface area (TPSA) is 40.5 Å². The highest BCUT2D eigenvalue weighted by atomic mass is 35.5. The Balaban J connectivity index is 1.91. The largest absolute Gasteiger partial charge is 0.481 e. The van der Waals surface area contributed by atoms with Crippen molar-refractivity contribution < 1.29 is 9.90 Å². The van der Waals surface area contributed by atoms with Gasteiger partial charge in [-0.05, 0) is 24.1 Å². The number of hydrogen-bond acceptors (Lipinski definition) is 2. The second-order valence-electron chi connectivity index (χ2n) is 4.31. The van der Waals surface area contributed by atoms with Gasteiger partial charge in [0.25, 0.3) is 0 Å². The van der Waals surface area contributed by atoms with Crippen molar-refractivity contribution in [3.8, 4) is 0 Å². The van der Waals surface area contributed by atoms with Crippen LogP contribution >= 0.6 is 11.6 Å². The Morgan fingerprint density at radius 2 is 2.25 bits per heavy atom. The van der Waals surface area contributed by atoms with Crippen LogP contribution in [0.1, 0.15) is 11.1 Å². The Morgan fingerprint density at radius 3 is 2.81 bits per heavy atom. The number of aliphatic carboxylic acids is 1. The Morgan fingerprint density at radius 1 is 1.56 bits per heavy atom. The van der Waals surface area contributed by atoms with Crippen molar-refractivity contribution >= 4 is 17.6 Å². The lowest BCUT2D eigenvalue weighted by molar-refractivity contribution is -0.147. The molecule has 0 saturated carbocycles. The van der Waals surface area contributed by atoms with Crippen LogP contribution in [0.25, 0.3) is 0 Å². The minimum atomic E-state index is -0.691. The smallest absolute Gasteiger partial charge is 0.309 e. The van der Waals surface area contributed by atoms with Gasteiger partial charge in [-0.1, -0.05) is 23.7 Å². The predicted octanol–water partition coefficient (Wildman–Crippen LogP) is 2.16. The van der Waals surface area contributed by atoms with E-state index in [9.17, 15) is 4.79 Å². The molecule has 0 radical (unpaired) electrons. The van der Waals surface area contributed by atoms with Crippen LogP contribution in [0, 0.1) is 12.8 Å². The molecule has 0 aliphatic carbocycles. The average molecular weight is 240 g/mol. The number of benzene rings is 1. The molecule has 1 heterocycles. The monoisotopic (exact) mass is 239 g/mol. The zero-order valence-corrected chi connectivity index (χ0v) is 9.87. The lowest BCUT2D eigenvalue weighted by atomic mass is 9.99. The second kappa shape index (κ2) is 4.44. The fraction of sp³-hybridized carbons (Fsp3) is 0.417. The van der Waals surface area contributed by atoms with E-state index in [2.05, 4.69) is 11.0 Å². The number of carboxylic acids is 1. The van der Waals surface area contributed by atoms with Crippen LogP contribution in [0.4, 0.5) is 0 Å². The van der Waals surface area contributed by atoms with Crippen molar-refractivity contribution in [2.75, 3.05) is 13.1 Å². The first kappa shape index (κ1) is 11.4. The summed E-state index contributed by atoms with van der Waals surface area (Å²) in [4.78, 5) is 12.8. The van der Waals surface area contributed by atoms with E-state index in [4.69, 9.17) is 16.7 Å². The van der Waals surface area contributed by atoms with Crippen LogP contribution in [-0.4, -0.2) is 29.1 Å². The maximum absolute atomic E-state index is 10.6. The first-order valence-corrected chi connectivity index (χ1v) is 5.64. The summed E-state index contributed by atoms with van der Waals surface area (Å²) in [6.07, 6.45) is 0. The zero-order chi connectivity index (χ0) is 11.7. The van der Waals surface area contributed by atoms with Crippen molar-refractivity contribution in [2.45, 2.75) is 13.5 Å². The van der Waals surface area contributed by atoms with Crippen molar-refractivity contribution in [3.63, 3.8) is 0 Å². The van der Waals surface area contributed by atoms with Crippen molar-refractivity contribution in [2.24, 2.45) is 5.92 Å². The Bertz CT molecular complexity index is 413. The highest BCUT2D eigenvalue weighted by Crippen LogP contribution is 2.21. The SMILES string of the molecule is Cc1cc(CN2CC(C(=O)O)C2)ccc1Cl. The molecular weight excluding hydrogens is 226 g/mol. The highest BCUT2D eigenvalue weighted by Gasteiger charge is 2.32. The third-order valence-electron chi connectivity index (χ3n) is 2.93. The van der Waals surface area contributed by atoms with Crippen LogP contribution in [0.5, 0.6) is 0 Å². The Kier molecular flexibility index (Phi) is 3.17. The standard InChI is InChI=1S/C12H14ClNO2/c1-8-4-9(2-3-11(8)13)5-14-6-10(7-14)12(15)16/h2-4,10H,5-7H2,1H3,(H,15,16). The summed E-state index contributed by atoms with van der Waals surface area (Å²) >= 11 is 5.94. The van der Waals surface area contributed by atoms with Gasteiger partial charge in [0, 0.05) is 24.7 Å². The predicted molar refractivity (Wildman–Crippen MR) is 62.6 cm³/mol. The summed E-state index contributed by atoms with van der Waals surface area (Å²) in [5.41, 5.74) is 2.25. The molecule has 1 saturated heterocycles. The normalized spacial score (nSPS) is 17.1. The molecule has 0 unspecified atom stereocenters. The molecule has 1 aromatic carbocycles. The quantitative estimate of drug-likeness (QED) is 0.879. The number of aryl methyl sites for hydroxylation is 1. The fourth-order valence-electron chi connectivity index (χ4n) is 1.92. The van der Waals surface area contributed by atoms with Gasteiger partial charge in [0.2, 0.25) is 0 Å². The van der Waals surface area contributed by atoms with Gasteiger partial charge in [0.15, 0.2) is 0 Å². The van der Waals surface area contributed by atoms with Crippen LogP contribution in [0.3, 0.4) is 0 Å². The number of hydrogen-bond donors (Lipinski definition) is 1. The molecule has 4 heteroatoms. The van der Waals surface area contributed by atoms with Crippen LogP contribution in [0.15, 0.2) is 18.2 Å². The molecule has 1 fully saturated rings. The summed E-state index contributed by atoms with van der Waals surface area (Å²) < 4.78 is 0. The molecule has 1 N–H and O–H groups in total. The lowest BCUT2D eigenvalue weighted by Crippen LogP contribution is -2.49. The zero-order valence-electron chi connectivity index (χ0n) is 9.11. The van der Waals surface area contributed by atoms with Crippen LogP contribution in [0.2, 0.25) is 5.02 Å². The molecule has 0 aromatic heterocycles. The van der Waals surface area contributed by atoms with Gasteiger partial charge < -0.3 is 5.11 Å². The van der Waals surface area contributed by atoms with Crippen molar-refractivity contribution in [1.29, 1.82) is 0 Å². The molecular formula is C12H14ClNO2. The second-order valence-corrected chi connectivity index (χ2v) is 4.72. The minimum Gasteiger partial charge on any atom is -0.481 e. The molecule has 1 aromatic rings. The van der Waals surface area contributed by atoms with Gasteiger partial charge in [-0.25, -0.2) is 0 Å². The number of carbonyl (C=O) groups is 1. The Hall–Kier alpha value is -1.06. The van der Waals surface area contributed by atoms with E-state index in [1.807, 2.05) is 19.1 Å². The number of carboxylic acid groups (broad SMARTS) is 1. The number of rotatable bonds is 3. The molecule has 16 heavy (non-hydrogen) atoms. The molecule has 1 aliphatic heterocycles. The number of likely N-dealkylation sites (tertiary alicyclic amines) is 1. The third kappa shape index (κ3) is 2.36. The van der Waals surface area contributed by atoms with E-state index >= 15 is 0 Å². The third-order valence-corrected chi connectivity index (χ3v) is 3.36. The van der Waals surface area contributed by atoms with E-state index in [0.29, 0.717) is 13.1 Å². The van der Waals surface area contributed by atoms with Crippen molar-refractivity contribution in [3.05, 3.63) is 34.3 Å². The van der Waals surface area contributed by atoms with Gasteiger partial charge in [-0.2, -0.15) is 0 Å².